The van der Waals surface area contributed by atoms with Gasteiger partial charge in [0.1, 0.15) is 12.7 Å². The van der Waals surface area contributed by atoms with Crippen molar-refractivity contribution in [3.05, 3.63) is 42.7 Å². The Balaban J connectivity index is 1.42. The highest BCUT2D eigenvalue weighted by Gasteiger charge is 2.28. The lowest BCUT2D eigenvalue weighted by Gasteiger charge is -2.34. The van der Waals surface area contributed by atoms with E-state index in [1.54, 1.807) is 17.2 Å². The predicted molar refractivity (Wildman–Crippen MR) is 87.8 cm³/mol. The second-order valence-electron chi connectivity index (χ2n) is 6.18. The van der Waals surface area contributed by atoms with Gasteiger partial charge in [-0.15, -0.1) is 0 Å². The molecule has 1 aliphatic heterocycles. The van der Waals surface area contributed by atoms with E-state index in [9.17, 15) is 9.90 Å². The van der Waals surface area contributed by atoms with Gasteiger partial charge in [0.15, 0.2) is 0 Å². The Morgan fingerprint density at radius 1 is 1.33 bits per heavy atom. The maximum atomic E-state index is 12.3. The Hall–Kier alpha value is -2.28. The third kappa shape index (κ3) is 4.17. The van der Waals surface area contributed by atoms with Gasteiger partial charge in [0, 0.05) is 32.3 Å². The number of nitrogens with zero attached hydrogens (tertiary/aromatic N) is 5. The first kappa shape index (κ1) is 16.6. The van der Waals surface area contributed by atoms with Crippen molar-refractivity contribution in [2.75, 3.05) is 13.1 Å². The number of aryl methyl sites for hydroxylation is 1. The van der Waals surface area contributed by atoms with Crippen LogP contribution in [-0.4, -0.2) is 48.8 Å². The van der Waals surface area contributed by atoms with Crippen LogP contribution in [0.4, 0.5) is 0 Å². The molecule has 128 valence electrons. The topological polar surface area (TPSA) is 84.1 Å². The van der Waals surface area contributed by atoms with Crippen molar-refractivity contribution in [3.8, 4) is 0 Å². The molecule has 1 N–H and O–H groups in total. The van der Waals surface area contributed by atoms with Crippen LogP contribution < -0.4 is 0 Å². The molecule has 0 aliphatic carbocycles. The molecule has 0 aromatic carbocycles. The number of carbonyl (C=O) groups excluding carboxylic acids is 1. The van der Waals surface area contributed by atoms with E-state index in [2.05, 4.69) is 15.1 Å². The minimum Gasteiger partial charge on any atom is -0.387 e. The molecule has 2 aromatic rings. The van der Waals surface area contributed by atoms with Crippen LogP contribution in [0.25, 0.3) is 0 Å². The molecule has 7 heteroatoms. The smallest absolute Gasteiger partial charge is 0.222 e. The van der Waals surface area contributed by atoms with Gasteiger partial charge in [-0.25, -0.2) is 4.98 Å². The zero-order valence-electron chi connectivity index (χ0n) is 13.7. The number of amides is 1. The largest absolute Gasteiger partial charge is 0.387 e. The molecule has 1 amide bonds. The van der Waals surface area contributed by atoms with E-state index in [-0.39, 0.29) is 11.8 Å². The number of hydrogen-bond donors (Lipinski definition) is 1. The van der Waals surface area contributed by atoms with E-state index in [4.69, 9.17) is 0 Å². The van der Waals surface area contributed by atoms with Crippen molar-refractivity contribution in [1.82, 2.24) is 24.6 Å². The quantitative estimate of drug-likeness (QED) is 0.866. The van der Waals surface area contributed by atoms with Crippen LogP contribution in [-0.2, 0) is 11.3 Å². The molecule has 0 radical (unpaired) electrons. The van der Waals surface area contributed by atoms with Crippen molar-refractivity contribution < 1.29 is 9.90 Å². The lowest BCUT2D eigenvalue weighted by molar-refractivity contribution is -0.133. The fraction of sp³-hybridized carbons (Fsp3) is 0.529. The monoisotopic (exact) mass is 329 g/mol. The summed E-state index contributed by atoms with van der Waals surface area (Å²) in [5.74, 6) is 0.347. The average molecular weight is 329 g/mol. The highest BCUT2D eigenvalue weighted by molar-refractivity contribution is 5.76. The summed E-state index contributed by atoms with van der Waals surface area (Å²) in [6.07, 6.45) is 7.22. The van der Waals surface area contributed by atoms with E-state index in [1.807, 2.05) is 23.1 Å². The second-order valence-corrected chi connectivity index (χ2v) is 6.18. The van der Waals surface area contributed by atoms with E-state index in [0.29, 0.717) is 26.1 Å². The summed E-state index contributed by atoms with van der Waals surface area (Å²) in [7, 11) is 0. The van der Waals surface area contributed by atoms with Crippen LogP contribution >= 0.6 is 0 Å². The van der Waals surface area contributed by atoms with Gasteiger partial charge in [-0.1, -0.05) is 6.07 Å². The molecule has 0 bridgehead atoms. The first-order valence-electron chi connectivity index (χ1n) is 8.43. The maximum absolute atomic E-state index is 12.3. The Kier molecular flexibility index (Phi) is 5.53. The third-order valence-corrected chi connectivity index (χ3v) is 4.57. The number of aliphatic hydroxyl groups is 1. The second kappa shape index (κ2) is 8.01. The molecule has 2 aromatic heterocycles. The number of hydrogen-bond acceptors (Lipinski definition) is 5. The van der Waals surface area contributed by atoms with Crippen LogP contribution in [0.1, 0.15) is 37.5 Å². The van der Waals surface area contributed by atoms with E-state index in [0.717, 1.165) is 25.0 Å². The molecule has 24 heavy (non-hydrogen) atoms. The van der Waals surface area contributed by atoms with Crippen LogP contribution in [0.15, 0.2) is 37.1 Å². The SMILES string of the molecule is O=C(CCCn1cncn1)N1CCC([C@@H](O)c2ccccn2)CC1. The van der Waals surface area contributed by atoms with Crippen LogP contribution in [0, 0.1) is 5.92 Å². The molecular weight excluding hydrogens is 306 g/mol. The fourth-order valence-corrected chi connectivity index (χ4v) is 3.16. The molecule has 0 saturated carbocycles. The molecule has 7 nitrogen and oxygen atoms in total. The van der Waals surface area contributed by atoms with E-state index < -0.39 is 6.10 Å². The Morgan fingerprint density at radius 2 is 2.17 bits per heavy atom. The lowest BCUT2D eigenvalue weighted by Crippen LogP contribution is -2.39. The Labute approximate surface area is 141 Å². The molecule has 1 fully saturated rings. The summed E-state index contributed by atoms with van der Waals surface area (Å²) >= 11 is 0. The molecule has 3 rings (SSSR count). The molecule has 1 saturated heterocycles. The number of carbonyl (C=O) groups is 1. The van der Waals surface area contributed by atoms with Gasteiger partial charge in [0.25, 0.3) is 0 Å². The van der Waals surface area contributed by atoms with Gasteiger partial charge in [0.05, 0.1) is 11.8 Å². The minimum atomic E-state index is -0.546. The van der Waals surface area contributed by atoms with Crippen LogP contribution in [0.3, 0.4) is 0 Å². The number of pyridine rings is 1. The maximum Gasteiger partial charge on any atom is 0.222 e. The first-order valence-corrected chi connectivity index (χ1v) is 8.43. The first-order chi connectivity index (χ1) is 11.7. The summed E-state index contributed by atoms with van der Waals surface area (Å²) in [6, 6.07) is 5.59. The lowest BCUT2D eigenvalue weighted by atomic mass is 9.89. The summed E-state index contributed by atoms with van der Waals surface area (Å²) < 4.78 is 1.74. The van der Waals surface area contributed by atoms with Gasteiger partial charge in [-0.05, 0) is 37.3 Å². The van der Waals surface area contributed by atoms with Gasteiger partial charge >= 0.3 is 0 Å². The van der Waals surface area contributed by atoms with Crippen molar-refractivity contribution in [3.63, 3.8) is 0 Å². The van der Waals surface area contributed by atoms with E-state index in [1.165, 1.54) is 6.33 Å². The van der Waals surface area contributed by atoms with Gasteiger partial charge in [-0.2, -0.15) is 5.10 Å². The summed E-state index contributed by atoms with van der Waals surface area (Å²) in [4.78, 5) is 22.3. The molecule has 1 aliphatic rings. The molecule has 3 heterocycles. The van der Waals surface area contributed by atoms with Gasteiger partial charge in [-0.3, -0.25) is 14.5 Å². The Bertz CT molecular complexity index is 624. The standard InChI is InChI=1S/C17H23N5O2/c23-16(5-3-9-22-13-18-12-20-22)21-10-6-14(7-11-21)17(24)15-4-1-2-8-19-15/h1-2,4,8,12-14,17,24H,3,5-7,9-11H2/t17-/m1/s1. The summed E-state index contributed by atoms with van der Waals surface area (Å²) in [5.41, 5.74) is 0.718. The van der Waals surface area contributed by atoms with Crippen molar-refractivity contribution >= 4 is 5.91 Å². The number of likely N-dealkylation sites (tertiary alicyclic amines) is 1. The zero-order valence-corrected chi connectivity index (χ0v) is 13.7. The third-order valence-electron chi connectivity index (χ3n) is 4.57. The highest BCUT2D eigenvalue weighted by Crippen LogP contribution is 2.29. The van der Waals surface area contributed by atoms with Crippen molar-refractivity contribution in [2.24, 2.45) is 5.92 Å². The minimum absolute atomic E-state index is 0.166. The predicted octanol–water partition coefficient (Wildman–Crippen LogP) is 1.43. The number of aromatic nitrogens is 4. The average Bonchev–Trinajstić information content (AvgIpc) is 3.15. The van der Waals surface area contributed by atoms with Crippen molar-refractivity contribution in [2.45, 2.75) is 38.3 Å². The summed E-state index contributed by atoms with van der Waals surface area (Å²) in [5, 5.41) is 14.5. The number of aliphatic hydroxyl groups excluding tert-OH is 1. The molecule has 0 spiro atoms. The highest BCUT2D eigenvalue weighted by atomic mass is 16.3. The number of rotatable bonds is 6. The van der Waals surface area contributed by atoms with Gasteiger partial charge in [0.2, 0.25) is 5.91 Å². The van der Waals surface area contributed by atoms with Crippen molar-refractivity contribution in [1.29, 1.82) is 0 Å². The normalized spacial score (nSPS) is 17.0. The van der Waals surface area contributed by atoms with Gasteiger partial charge < -0.3 is 10.0 Å². The zero-order chi connectivity index (χ0) is 16.8. The molecular formula is C17H23N5O2. The molecule has 0 unspecified atom stereocenters. The van der Waals surface area contributed by atoms with E-state index >= 15 is 0 Å². The van der Waals surface area contributed by atoms with Crippen LogP contribution in [0.5, 0.6) is 0 Å². The van der Waals surface area contributed by atoms with Crippen LogP contribution in [0.2, 0.25) is 0 Å². The molecule has 1 atom stereocenters. The number of piperidine rings is 1. The fourth-order valence-electron chi connectivity index (χ4n) is 3.16. The summed E-state index contributed by atoms with van der Waals surface area (Å²) in [6.45, 7) is 2.12. The Morgan fingerprint density at radius 3 is 2.83 bits per heavy atom.